The summed E-state index contributed by atoms with van der Waals surface area (Å²) in [4.78, 5) is 6.51. The highest BCUT2D eigenvalue weighted by atomic mass is 35.5. The van der Waals surface area contributed by atoms with Crippen LogP contribution in [-0.2, 0) is 22.0 Å². The lowest BCUT2D eigenvalue weighted by atomic mass is 9.94. The summed E-state index contributed by atoms with van der Waals surface area (Å²) in [5.41, 5.74) is 6.60. The standard InChI is InChI=1S/C24H30ClFN6O3S/c1-14-10-16(14)13-31(3)19-11-18(20(25)21(28-19)32(4)36(5,33)34)22-29-30-23(35-22)24(2,27)12-15-6-8-17(26)9-7-15/h6-9,11,14,16H,10,12-13,27H2,1-5H3/t14?,16?,24-/m0/s1. The third kappa shape index (κ3) is 5.63. The molecule has 1 aromatic carbocycles. The van der Waals surface area contributed by atoms with Gasteiger partial charge >= 0.3 is 0 Å². The van der Waals surface area contributed by atoms with Crippen LogP contribution in [0.4, 0.5) is 16.0 Å². The summed E-state index contributed by atoms with van der Waals surface area (Å²) in [7, 11) is -0.356. The molecule has 0 bridgehead atoms. The lowest BCUT2D eigenvalue weighted by Gasteiger charge is -2.23. The van der Waals surface area contributed by atoms with Crippen LogP contribution in [0.3, 0.4) is 0 Å². The second kappa shape index (κ2) is 9.60. The van der Waals surface area contributed by atoms with Gasteiger partial charge in [0, 0.05) is 20.6 Å². The summed E-state index contributed by atoms with van der Waals surface area (Å²) >= 11 is 6.65. The Labute approximate surface area is 215 Å². The van der Waals surface area contributed by atoms with Crippen LogP contribution in [0.1, 0.15) is 31.7 Å². The maximum atomic E-state index is 13.3. The Morgan fingerprint density at radius 3 is 2.47 bits per heavy atom. The third-order valence-electron chi connectivity index (χ3n) is 6.53. The Morgan fingerprint density at radius 1 is 1.25 bits per heavy atom. The Bertz CT molecular complexity index is 1360. The first-order chi connectivity index (χ1) is 16.8. The molecular weight excluding hydrogens is 507 g/mol. The van der Waals surface area contributed by atoms with Gasteiger partial charge in [0.15, 0.2) is 5.82 Å². The van der Waals surface area contributed by atoms with Gasteiger partial charge in [0.25, 0.3) is 0 Å². The molecule has 9 nitrogen and oxygen atoms in total. The van der Waals surface area contributed by atoms with Crippen molar-refractivity contribution in [2.45, 2.75) is 32.2 Å². The van der Waals surface area contributed by atoms with Gasteiger partial charge in [-0.2, -0.15) is 0 Å². The molecule has 1 saturated carbocycles. The highest BCUT2D eigenvalue weighted by molar-refractivity contribution is 7.92. The van der Waals surface area contributed by atoms with Crippen LogP contribution in [-0.4, -0.2) is 50.5 Å². The Balaban J connectivity index is 1.71. The number of sulfonamides is 1. The van der Waals surface area contributed by atoms with Crippen LogP contribution >= 0.6 is 11.6 Å². The van der Waals surface area contributed by atoms with E-state index >= 15 is 0 Å². The summed E-state index contributed by atoms with van der Waals surface area (Å²) in [6.45, 7) is 4.70. The summed E-state index contributed by atoms with van der Waals surface area (Å²) in [6, 6.07) is 7.73. The largest absolute Gasteiger partial charge is 0.419 e. The summed E-state index contributed by atoms with van der Waals surface area (Å²) in [5, 5.41) is 8.37. The number of anilines is 2. The molecule has 1 aliphatic carbocycles. The van der Waals surface area contributed by atoms with Crippen molar-refractivity contribution in [1.29, 1.82) is 0 Å². The lowest BCUT2D eigenvalue weighted by molar-refractivity contribution is 0.355. The Morgan fingerprint density at radius 2 is 1.89 bits per heavy atom. The molecule has 3 aromatic rings. The molecule has 0 spiro atoms. The monoisotopic (exact) mass is 536 g/mol. The van der Waals surface area contributed by atoms with Crippen molar-refractivity contribution < 1.29 is 17.2 Å². The van der Waals surface area contributed by atoms with Crippen molar-refractivity contribution in [1.82, 2.24) is 15.2 Å². The Hall–Kier alpha value is -2.76. The molecular formula is C24H30ClFN6O3S. The molecule has 194 valence electrons. The molecule has 2 heterocycles. The van der Waals surface area contributed by atoms with E-state index in [0.717, 1.165) is 29.1 Å². The second-order valence-corrected chi connectivity index (χ2v) is 12.3. The van der Waals surface area contributed by atoms with Gasteiger partial charge < -0.3 is 15.1 Å². The van der Waals surface area contributed by atoms with Crippen LogP contribution in [0, 0.1) is 17.7 Å². The average Bonchev–Trinajstić information content (AvgIpc) is 3.27. The van der Waals surface area contributed by atoms with Crippen molar-refractivity contribution in [2.24, 2.45) is 17.6 Å². The number of nitrogens with zero attached hydrogens (tertiary/aromatic N) is 5. The van der Waals surface area contributed by atoms with Crippen molar-refractivity contribution in [3.05, 3.63) is 52.6 Å². The van der Waals surface area contributed by atoms with Gasteiger partial charge in [0.05, 0.1) is 22.4 Å². The van der Waals surface area contributed by atoms with Gasteiger partial charge in [-0.3, -0.25) is 4.31 Å². The lowest BCUT2D eigenvalue weighted by Crippen LogP contribution is -2.35. The first-order valence-electron chi connectivity index (χ1n) is 11.5. The molecule has 2 aromatic heterocycles. The Kier molecular flexibility index (Phi) is 7.02. The maximum absolute atomic E-state index is 13.3. The first kappa shape index (κ1) is 26.3. The highest BCUT2D eigenvalue weighted by Crippen LogP contribution is 2.41. The zero-order valence-corrected chi connectivity index (χ0v) is 22.4. The van der Waals surface area contributed by atoms with E-state index in [2.05, 4.69) is 22.1 Å². The van der Waals surface area contributed by atoms with Crippen LogP contribution in [0.15, 0.2) is 34.7 Å². The molecule has 1 fully saturated rings. The van der Waals surface area contributed by atoms with E-state index < -0.39 is 15.6 Å². The minimum absolute atomic E-state index is 0.0592. The van der Waals surface area contributed by atoms with Crippen LogP contribution < -0.4 is 14.9 Å². The third-order valence-corrected chi connectivity index (χ3v) is 8.07. The van der Waals surface area contributed by atoms with Crippen molar-refractivity contribution in [3.63, 3.8) is 0 Å². The number of pyridine rings is 1. The fourth-order valence-electron chi connectivity index (χ4n) is 3.98. The predicted octanol–water partition coefficient (Wildman–Crippen LogP) is 3.83. The average molecular weight is 537 g/mol. The number of aromatic nitrogens is 3. The smallest absolute Gasteiger partial charge is 0.249 e. The predicted molar refractivity (Wildman–Crippen MR) is 138 cm³/mol. The molecule has 0 radical (unpaired) electrons. The fourth-order valence-corrected chi connectivity index (χ4v) is 4.78. The van der Waals surface area contributed by atoms with Crippen molar-refractivity contribution >= 4 is 33.3 Å². The number of halogens is 2. The van der Waals surface area contributed by atoms with E-state index in [1.807, 2.05) is 11.9 Å². The van der Waals surface area contributed by atoms with E-state index in [9.17, 15) is 12.8 Å². The van der Waals surface area contributed by atoms with Crippen LogP contribution in [0.25, 0.3) is 11.5 Å². The molecule has 0 saturated heterocycles. The fraction of sp³-hybridized carbons (Fsp3) is 0.458. The molecule has 2 N–H and O–H groups in total. The number of rotatable bonds is 9. The quantitative estimate of drug-likeness (QED) is 0.438. The summed E-state index contributed by atoms with van der Waals surface area (Å²) in [6.07, 6.45) is 2.54. The molecule has 36 heavy (non-hydrogen) atoms. The van der Waals surface area contributed by atoms with E-state index in [1.54, 1.807) is 25.1 Å². The molecule has 0 aliphatic heterocycles. The van der Waals surface area contributed by atoms with E-state index in [-0.39, 0.29) is 28.4 Å². The van der Waals surface area contributed by atoms with Gasteiger partial charge in [-0.1, -0.05) is 30.7 Å². The maximum Gasteiger partial charge on any atom is 0.249 e. The molecule has 0 amide bonds. The van der Waals surface area contributed by atoms with Crippen molar-refractivity contribution in [2.75, 3.05) is 36.1 Å². The number of benzene rings is 1. The topological polar surface area (TPSA) is 118 Å². The summed E-state index contributed by atoms with van der Waals surface area (Å²) < 4.78 is 44.9. The number of hydrogen-bond acceptors (Lipinski definition) is 8. The SMILES string of the molecule is CC1CC1CN(C)c1cc(-c2nnc([C@@](C)(N)Cc3ccc(F)cc3)o2)c(Cl)c(N(C)S(C)(=O)=O)n1. The van der Waals surface area contributed by atoms with Gasteiger partial charge in [0.1, 0.15) is 11.6 Å². The van der Waals surface area contributed by atoms with Crippen LogP contribution in [0.5, 0.6) is 0 Å². The zero-order valence-electron chi connectivity index (χ0n) is 20.9. The highest BCUT2D eigenvalue weighted by Gasteiger charge is 2.34. The van der Waals surface area contributed by atoms with Gasteiger partial charge in [-0.05, 0) is 55.4 Å². The summed E-state index contributed by atoms with van der Waals surface area (Å²) in [5.74, 6) is 1.69. The van der Waals surface area contributed by atoms with Crippen LogP contribution in [0.2, 0.25) is 5.02 Å². The van der Waals surface area contributed by atoms with Gasteiger partial charge in [-0.15, -0.1) is 10.2 Å². The minimum Gasteiger partial charge on any atom is -0.419 e. The molecule has 3 atom stereocenters. The minimum atomic E-state index is -3.64. The van der Waals surface area contributed by atoms with Gasteiger partial charge in [-0.25, -0.2) is 17.8 Å². The molecule has 1 aliphatic rings. The first-order valence-corrected chi connectivity index (χ1v) is 13.7. The zero-order chi connectivity index (χ0) is 26.4. The molecule has 2 unspecified atom stereocenters. The van der Waals surface area contributed by atoms with E-state index in [1.165, 1.54) is 19.2 Å². The molecule has 12 heteroatoms. The van der Waals surface area contributed by atoms with Crippen molar-refractivity contribution in [3.8, 4) is 11.5 Å². The second-order valence-electron chi connectivity index (χ2n) is 9.88. The normalized spacial score (nSPS) is 19.1. The van der Waals surface area contributed by atoms with Gasteiger partial charge in [0.2, 0.25) is 21.8 Å². The van der Waals surface area contributed by atoms with E-state index in [0.29, 0.717) is 29.6 Å². The number of hydrogen-bond donors (Lipinski definition) is 1. The molecule has 4 rings (SSSR count). The van der Waals surface area contributed by atoms with E-state index in [4.69, 9.17) is 21.8 Å². The number of nitrogens with two attached hydrogens (primary N) is 1.